The minimum absolute atomic E-state index is 0.103. The van der Waals surface area contributed by atoms with Crippen LogP contribution in [0.15, 0.2) is 72.1 Å². The lowest BCUT2D eigenvalue weighted by molar-refractivity contribution is -0.275. The standard InChI is InChI=1S/C26H23F3N4O4S/c1-3-21-22(18-8-9-19(36-2)20(14-18)37-26(27,28)29)32-33(25(35)38-21)24(30)17-6-4-15(5-7-17)23(34)16-10-12-31-13-11-16/h4-14,21,24H,3,30H2,1-2H3. The van der Waals surface area contributed by atoms with Gasteiger partial charge < -0.3 is 15.2 Å². The van der Waals surface area contributed by atoms with Gasteiger partial charge in [-0.3, -0.25) is 14.6 Å². The van der Waals surface area contributed by atoms with Gasteiger partial charge in [-0.25, -0.2) is 5.01 Å². The fourth-order valence-electron chi connectivity index (χ4n) is 3.83. The zero-order valence-electron chi connectivity index (χ0n) is 20.3. The number of hydrazone groups is 1. The highest BCUT2D eigenvalue weighted by Gasteiger charge is 2.36. The van der Waals surface area contributed by atoms with E-state index in [1.165, 1.54) is 31.6 Å². The molecular weight excluding hydrogens is 521 g/mol. The Balaban J connectivity index is 1.64. The molecule has 8 nitrogen and oxygen atoms in total. The SMILES string of the molecule is CCC1SC(=O)N(C(N)c2ccc(C(=O)c3ccncc3)cc2)N=C1c1ccc(OC)c(OC(F)(F)F)c1. The summed E-state index contributed by atoms with van der Waals surface area (Å²) < 4.78 is 48.0. The molecule has 0 spiro atoms. The molecular formula is C26H23F3N4O4S. The Hall–Kier alpha value is -3.90. The van der Waals surface area contributed by atoms with Crippen LogP contribution >= 0.6 is 11.8 Å². The van der Waals surface area contributed by atoms with Gasteiger partial charge >= 0.3 is 11.6 Å². The first-order valence-corrected chi connectivity index (χ1v) is 12.3. The number of carbonyl (C=O) groups is 2. The molecule has 38 heavy (non-hydrogen) atoms. The molecule has 0 aliphatic carbocycles. The van der Waals surface area contributed by atoms with Gasteiger partial charge in [-0.1, -0.05) is 43.0 Å². The number of benzene rings is 2. The van der Waals surface area contributed by atoms with Crippen molar-refractivity contribution in [1.82, 2.24) is 9.99 Å². The highest BCUT2D eigenvalue weighted by Crippen LogP contribution is 2.37. The van der Waals surface area contributed by atoms with E-state index in [0.29, 0.717) is 34.4 Å². The lowest BCUT2D eigenvalue weighted by atomic mass is 10.0. The van der Waals surface area contributed by atoms with Gasteiger partial charge in [0.25, 0.3) is 0 Å². The number of halogens is 3. The Morgan fingerprint density at radius 2 is 1.74 bits per heavy atom. The first kappa shape index (κ1) is 27.1. The van der Waals surface area contributed by atoms with Crippen molar-refractivity contribution in [2.45, 2.75) is 31.1 Å². The number of nitrogens with zero attached hydrogens (tertiary/aromatic N) is 3. The molecule has 1 aliphatic rings. The number of methoxy groups -OCH3 is 1. The quantitative estimate of drug-likeness (QED) is 0.372. The fourth-order valence-corrected chi connectivity index (χ4v) is 4.80. The Kier molecular flexibility index (Phi) is 8.02. The van der Waals surface area contributed by atoms with Gasteiger partial charge in [0.2, 0.25) is 0 Å². The molecule has 0 bridgehead atoms. The van der Waals surface area contributed by atoms with E-state index in [-0.39, 0.29) is 11.5 Å². The molecule has 1 amide bonds. The minimum Gasteiger partial charge on any atom is -0.493 e. The summed E-state index contributed by atoms with van der Waals surface area (Å²) in [5.74, 6) is -0.823. The third kappa shape index (κ3) is 5.97. The highest BCUT2D eigenvalue weighted by molar-refractivity contribution is 8.14. The Morgan fingerprint density at radius 1 is 1.08 bits per heavy atom. The number of ketones is 1. The van der Waals surface area contributed by atoms with E-state index >= 15 is 0 Å². The second-order valence-corrected chi connectivity index (χ2v) is 9.31. The van der Waals surface area contributed by atoms with Gasteiger partial charge in [0, 0.05) is 29.1 Å². The summed E-state index contributed by atoms with van der Waals surface area (Å²) in [5, 5.41) is 4.72. The predicted octanol–water partition coefficient (Wildman–Crippen LogP) is 5.53. The van der Waals surface area contributed by atoms with Crippen molar-refractivity contribution in [1.29, 1.82) is 0 Å². The summed E-state index contributed by atoms with van der Waals surface area (Å²) in [6.07, 6.45) is -2.38. The van der Waals surface area contributed by atoms with E-state index in [4.69, 9.17) is 10.5 Å². The lowest BCUT2D eigenvalue weighted by Gasteiger charge is -2.32. The second kappa shape index (κ2) is 11.2. The number of pyridine rings is 1. The Morgan fingerprint density at radius 3 is 2.34 bits per heavy atom. The van der Waals surface area contributed by atoms with E-state index in [1.54, 1.807) is 42.5 Å². The van der Waals surface area contributed by atoms with Crippen LogP contribution in [0.4, 0.5) is 18.0 Å². The number of hydrogen-bond acceptors (Lipinski definition) is 8. The maximum atomic E-state index is 13.0. The predicted molar refractivity (Wildman–Crippen MR) is 136 cm³/mol. The largest absolute Gasteiger partial charge is 0.573 e. The number of amides is 1. The molecule has 2 atom stereocenters. The minimum atomic E-state index is -4.92. The molecule has 0 fully saturated rings. The van der Waals surface area contributed by atoms with Crippen molar-refractivity contribution in [2.75, 3.05) is 7.11 Å². The third-order valence-corrected chi connectivity index (χ3v) is 6.96. The smallest absolute Gasteiger partial charge is 0.493 e. The molecule has 1 aromatic heterocycles. The van der Waals surface area contributed by atoms with Crippen LogP contribution in [0.3, 0.4) is 0 Å². The first-order chi connectivity index (χ1) is 18.1. The van der Waals surface area contributed by atoms with Gasteiger partial charge in [0.05, 0.1) is 18.1 Å². The average molecular weight is 545 g/mol. The normalized spacial score (nSPS) is 16.6. The lowest BCUT2D eigenvalue weighted by Crippen LogP contribution is -2.40. The van der Waals surface area contributed by atoms with E-state index in [0.717, 1.165) is 16.8 Å². The molecule has 3 aromatic rings. The second-order valence-electron chi connectivity index (χ2n) is 8.16. The number of rotatable bonds is 8. The molecule has 0 saturated heterocycles. The van der Waals surface area contributed by atoms with Crippen LogP contribution in [0.5, 0.6) is 11.5 Å². The molecule has 2 aromatic carbocycles. The summed E-state index contributed by atoms with van der Waals surface area (Å²) >= 11 is 0.977. The molecule has 198 valence electrons. The molecule has 2 heterocycles. The molecule has 0 radical (unpaired) electrons. The molecule has 1 aliphatic heterocycles. The number of ether oxygens (including phenoxy) is 2. The van der Waals surface area contributed by atoms with Crippen LogP contribution < -0.4 is 15.2 Å². The number of thioether (sulfide) groups is 1. The fraction of sp³-hybridized carbons (Fsp3) is 0.231. The molecule has 12 heteroatoms. The van der Waals surface area contributed by atoms with E-state index < -0.39 is 28.8 Å². The van der Waals surface area contributed by atoms with E-state index in [1.807, 2.05) is 6.92 Å². The van der Waals surface area contributed by atoms with Gasteiger partial charge in [-0.15, -0.1) is 13.2 Å². The number of nitrogens with two attached hydrogens (primary N) is 1. The van der Waals surface area contributed by atoms with E-state index in [2.05, 4.69) is 14.8 Å². The van der Waals surface area contributed by atoms with Crippen molar-refractivity contribution in [2.24, 2.45) is 10.8 Å². The summed E-state index contributed by atoms with van der Waals surface area (Å²) in [5.41, 5.74) is 8.50. The van der Waals surface area contributed by atoms with Crippen molar-refractivity contribution in [3.63, 3.8) is 0 Å². The summed E-state index contributed by atoms with van der Waals surface area (Å²) in [6.45, 7) is 1.84. The maximum absolute atomic E-state index is 13.0. The zero-order chi connectivity index (χ0) is 27.4. The molecule has 2 unspecified atom stereocenters. The van der Waals surface area contributed by atoms with Gasteiger partial charge in [0.1, 0.15) is 6.17 Å². The van der Waals surface area contributed by atoms with E-state index in [9.17, 15) is 22.8 Å². The molecule has 0 saturated carbocycles. The summed E-state index contributed by atoms with van der Waals surface area (Å²) in [7, 11) is 1.23. The van der Waals surface area contributed by atoms with Crippen LogP contribution in [0, 0.1) is 0 Å². The van der Waals surface area contributed by atoms with Crippen molar-refractivity contribution in [3.8, 4) is 11.5 Å². The highest BCUT2D eigenvalue weighted by atomic mass is 32.2. The third-order valence-electron chi connectivity index (χ3n) is 5.73. The van der Waals surface area contributed by atoms with Crippen LogP contribution in [0.2, 0.25) is 0 Å². The topological polar surface area (TPSA) is 107 Å². The zero-order valence-corrected chi connectivity index (χ0v) is 21.1. The monoisotopic (exact) mass is 544 g/mol. The van der Waals surface area contributed by atoms with Crippen LogP contribution in [-0.4, -0.2) is 45.4 Å². The average Bonchev–Trinajstić information content (AvgIpc) is 2.91. The Labute approximate surface area is 220 Å². The summed E-state index contributed by atoms with van der Waals surface area (Å²) in [4.78, 5) is 29.5. The number of alkyl halides is 3. The van der Waals surface area contributed by atoms with Crippen molar-refractivity contribution in [3.05, 3.63) is 89.2 Å². The first-order valence-electron chi connectivity index (χ1n) is 11.4. The van der Waals surface area contributed by atoms with Crippen molar-refractivity contribution < 1.29 is 32.2 Å². The van der Waals surface area contributed by atoms with Crippen LogP contribution in [0.1, 0.15) is 46.6 Å². The Bertz CT molecular complexity index is 1350. The molecule has 2 N–H and O–H groups in total. The van der Waals surface area contributed by atoms with Crippen LogP contribution in [0.25, 0.3) is 0 Å². The molecule has 4 rings (SSSR count). The van der Waals surface area contributed by atoms with Crippen molar-refractivity contribution >= 4 is 28.5 Å². The van der Waals surface area contributed by atoms with Crippen LogP contribution in [-0.2, 0) is 0 Å². The van der Waals surface area contributed by atoms with Gasteiger partial charge in [0.15, 0.2) is 17.3 Å². The summed E-state index contributed by atoms with van der Waals surface area (Å²) in [6, 6.07) is 13.7. The maximum Gasteiger partial charge on any atom is 0.573 e. The number of aromatic nitrogens is 1. The van der Waals surface area contributed by atoms with Gasteiger partial charge in [-0.05, 0) is 42.3 Å². The van der Waals surface area contributed by atoms with Gasteiger partial charge in [-0.2, -0.15) is 5.10 Å². The number of carbonyl (C=O) groups excluding carboxylic acids is 2. The number of hydrogen-bond donors (Lipinski definition) is 1.